The average molecular weight is 503 g/mol. The molecule has 0 saturated carbocycles. The van der Waals surface area contributed by atoms with Crippen molar-refractivity contribution in [1.82, 2.24) is 14.9 Å². The van der Waals surface area contributed by atoms with Crippen LogP contribution in [0.2, 0.25) is 0 Å². The molecule has 1 aromatic carbocycles. The summed E-state index contributed by atoms with van der Waals surface area (Å²) in [7, 11) is 0. The van der Waals surface area contributed by atoms with Gasteiger partial charge in [-0.15, -0.1) is 0 Å². The second-order valence-electron chi connectivity index (χ2n) is 6.15. The van der Waals surface area contributed by atoms with Gasteiger partial charge >= 0.3 is 5.69 Å². The lowest BCUT2D eigenvalue weighted by Gasteiger charge is -2.17. The summed E-state index contributed by atoms with van der Waals surface area (Å²) in [6, 6.07) is 7.42. The predicted molar refractivity (Wildman–Crippen MR) is 104 cm³/mol. The molecule has 27 heavy (non-hydrogen) atoms. The topological polar surface area (TPSA) is 113 Å². The number of nitrogens with one attached hydrogen (secondary N) is 2. The molecule has 144 valence electrons. The fourth-order valence-corrected chi connectivity index (χ4v) is 3.58. The first-order valence-electron chi connectivity index (χ1n) is 8.19. The highest BCUT2D eigenvalue weighted by Crippen LogP contribution is 2.27. The summed E-state index contributed by atoms with van der Waals surface area (Å²) in [6.07, 6.45) is -0.548. The number of hydrogen-bond donors (Lipinski definition) is 3. The van der Waals surface area contributed by atoms with Crippen LogP contribution in [0.3, 0.4) is 0 Å². The van der Waals surface area contributed by atoms with E-state index in [1.54, 1.807) is 0 Å². The Labute approximate surface area is 170 Å². The first-order valence-corrected chi connectivity index (χ1v) is 9.78. The zero-order valence-electron chi connectivity index (χ0n) is 14.0. The van der Waals surface area contributed by atoms with E-state index in [1.807, 2.05) is 24.3 Å². The normalized spacial score (nSPS) is 22.0. The Balaban J connectivity index is 1.60. The minimum Gasteiger partial charge on any atom is -0.390 e. The van der Waals surface area contributed by atoms with Crippen LogP contribution in [0.15, 0.2) is 49.0 Å². The van der Waals surface area contributed by atoms with Crippen LogP contribution in [0, 0.1) is 0 Å². The molecule has 1 aliphatic rings. The maximum absolute atomic E-state index is 12.1. The zero-order chi connectivity index (χ0) is 19.6. The monoisotopic (exact) mass is 501 g/mol. The van der Waals surface area contributed by atoms with Gasteiger partial charge in [0.25, 0.3) is 5.56 Å². The highest BCUT2D eigenvalue weighted by atomic mass is 79.9. The summed E-state index contributed by atoms with van der Waals surface area (Å²) < 4.78 is 7.94. The van der Waals surface area contributed by atoms with E-state index in [1.165, 1.54) is 10.8 Å². The third-order valence-electron chi connectivity index (χ3n) is 4.25. The molecule has 10 heteroatoms. The Bertz CT molecular complexity index is 958. The van der Waals surface area contributed by atoms with Crippen molar-refractivity contribution in [3.63, 3.8) is 0 Å². The molecule has 1 amide bonds. The SMILES string of the molecule is O=C(Cc1ccccc1Br)NC[C@@H]1O[C@H](n2cc(Br)c(=O)[nH]c2=O)CC1O. The van der Waals surface area contributed by atoms with Gasteiger partial charge in [0.1, 0.15) is 12.3 Å². The number of hydrogen-bond acceptors (Lipinski definition) is 5. The summed E-state index contributed by atoms with van der Waals surface area (Å²) >= 11 is 6.46. The molecule has 1 saturated heterocycles. The minimum absolute atomic E-state index is 0.111. The number of nitrogens with zero attached hydrogens (tertiary/aromatic N) is 1. The Hall–Kier alpha value is -1.75. The van der Waals surface area contributed by atoms with Crippen molar-refractivity contribution < 1.29 is 14.6 Å². The number of aliphatic hydroxyl groups excluding tert-OH is 1. The second kappa shape index (κ2) is 8.51. The number of aliphatic hydroxyl groups is 1. The van der Waals surface area contributed by atoms with Crippen LogP contribution >= 0.6 is 31.9 Å². The van der Waals surface area contributed by atoms with E-state index in [-0.39, 0.29) is 29.8 Å². The Morgan fingerprint density at radius 1 is 1.30 bits per heavy atom. The quantitative estimate of drug-likeness (QED) is 0.566. The summed E-state index contributed by atoms with van der Waals surface area (Å²) in [5.74, 6) is -0.204. The first-order chi connectivity index (χ1) is 12.8. The van der Waals surface area contributed by atoms with E-state index in [9.17, 15) is 19.5 Å². The molecule has 2 heterocycles. The van der Waals surface area contributed by atoms with E-state index >= 15 is 0 Å². The molecule has 3 rings (SSSR count). The molecular formula is C17H17Br2N3O5. The number of benzene rings is 1. The fraction of sp³-hybridized carbons (Fsp3) is 0.353. The molecule has 3 N–H and O–H groups in total. The molecule has 8 nitrogen and oxygen atoms in total. The van der Waals surface area contributed by atoms with Crippen LogP contribution in [0.4, 0.5) is 0 Å². The van der Waals surface area contributed by atoms with Crippen molar-refractivity contribution in [3.8, 4) is 0 Å². The smallest absolute Gasteiger partial charge is 0.330 e. The lowest BCUT2D eigenvalue weighted by molar-refractivity contribution is -0.121. The van der Waals surface area contributed by atoms with Crippen LogP contribution in [-0.2, 0) is 16.0 Å². The number of aromatic nitrogens is 2. The molecule has 0 bridgehead atoms. The molecule has 1 fully saturated rings. The van der Waals surface area contributed by atoms with Gasteiger partial charge in [-0.25, -0.2) is 4.79 Å². The van der Waals surface area contributed by atoms with Crippen molar-refractivity contribution >= 4 is 37.8 Å². The van der Waals surface area contributed by atoms with Crippen molar-refractivity contribution in [2.24, 2.45) is 0 Å². The van der Waals surface area contributed by atoms with Crippen molar-refractivity contribution in [2.75, 3.05) is 6.54 Å². The van der Waals surface area contributed by atoms with E-state index in [0.29, 0.717) is 0 Å². The van der Waals surface area contributed by atoms with Gasteiger partial charge in [0, 0.05) is 23.6 Å². The minimum atomic E-state index is -0.851. The molecule has 0 spiro atoms. The third-order valence-corrected chi connectivity index (χ3v) is 5.59. The second-order valence-corrected chi connectivity index (χ2v) is 7.86. The third kappa shape index (κ3) is 4.75. The van der Waals surface area contributed by atoms with Crippen LogP contribution < -0.4 is 16.6 Å². The van der Waals surface area contributed by atoms with Gasteiger partial charge in [-0.05, 0) is 27.6 Å². The Morgan fingerprint density at radius 2 is 2.04 bits per heavy atom. The van der Waals surface area contributed by atoms with Crippen molar-refractivity contribution in [3.05, 3.63) is 65.8 Å². The van der Waals surface area contributed by atoms with Gasteiger partial charge in [-0.1, -0.05) is 34.1 Å². The van der Waals surface area contributed by atoms with Crippen LogP contribution in [-0.4, -0.2) is 39.3 Å². The number of amides is 1. The molecule has 1 aromatic heterocycles. The zero-order valence-corrected chi connectivity index (χ0v) is 17.2. The number of aromatic amines is 1. The van der Waals surface area contributed by atoms with E-state index in [2.05, 4.69) is 42.2 Å². The predicted octanol–water partition coefficient (Wildman–Crippen LogP) is 1.07. The van der Waals surface area contributed by atoms with E-state index in [4.69, 9.17) is 4.74 Å². The van der Waals surface area contributed by atoms with Gasteiger partial charge in [0.05, 0.1) is 17.0 Å². The number of ether oxygens (including phenoxy) is 1. The maximum Gasteiger partial charge on any atom is 0.330 e. The van der Waals surface area contributed by atoms with E-state index in [0.717, 1.165) is 10.0 Å². The number of carbonyl (C=O) groups excluding carboxylic acids is 1. The number of carbonyl (C=O) groups is 1. The average Bonchev–Trinajstić information content (AvgIpc) is 2.99. The molecular weight excluding hydrogens is 486 g/mol. The Morgan fingerprint density at radius 3 is 2.78 bits per heavy atom. The highest BCUT2D eigenvalue weighted by Gasteiger charge is 2.35. The van der Waals surface area contributed by atoms with Gasteiger partial charge in [-0.3, -0.25) is 19.1 Å². The van der Waals surface area contributed by atoms with Gasteiger partial charge in [0.2, 0.25) is 5.91 Å². The van der Waals surface area contributed by atoms with Gasteiger partial charge in [0.15, 0.2) is 0 Å². The Kier molecular flexibility index (Phi) is 6.30. The lowest BCUT2D eigenvalue weighted by Crippen LogP contribution is -2.38. The first kappa shape index (κ1) is 20.0. The molecule has 1 unspecified atom stereocenters. The van der Waals surface area contributed by atoms with Crippen molar-refractivity contribution in [2.45, 2.75) is 31.3 Å². The fourth-order valence-electron chi connectivity index (χ4n) is 2.84. The number of rotatable bonds is 5. The largest absolute Gasteiger partial charge is 0.390 e. The van der Waals surface area contributed by atoms with Crippen LogP contribution in [0.5, 0.6) is 0 Å². The number of H-pyrrole nitrogens is 1. The standard InChI is InChI=1S/C17H17Br2N3O5/c18-10-4-2-1-3-9(10)5-14(24)20-7-13-12(23)6-15(27-13)22-8-11(19)16(25)21-17(22)26/h1-4,8,12-13,15,23H,5-7H2,(H,20,24)(H,21,25,26)/t12?,13-,15-/m0/s1. The molecule has 0 aliphatic carbocycles. The van der Waals surface area contributed by atoms with Crippen LogP contribution in [0.1, 0.15) is 18.2 Å². The van der Waals surface area contributed by atoms with Gasteiger partial charge in [-0.2, -0.15) is 0 Å². The molecule has 2 aromatic rings. The highest BCUT2D eigenvalue weighted by molar-refractivity contribution is 9.10. The summed E-state index contributed by atoms with van der Waals surface area (Å²) in [4.78, 5) is 37.7. The van der Waals surface area contributed by atoms with E-state index < -0.39 is 29.7 Å². The molecule has 1 aliphatic heterocycles. The molecule has 0 radical (unpaired) electrons. The number of halogens is 2. The summed E-state index contributed by atoms with van der Waals surface area (Å²) in [5.41, 5.74) is -0.310. The van der Waals surface area contributed by atoms with Crippen LogP contribution in [0.25, 0.3) is 0 Å². The lowest BCUT2D eigenvalue weighted by atomic mass is 10.1. The van der Waals surface area contributed by atoms with Crippen molar-refractivity contribution in [1.29, 1.82) is 0 Å². The summed E-state index contributed by atoms with van der Waals surface area (Å²) in [5, 5.41) is 12.9. The van der Waals surface area contributed by atoms with Gasteiger partial charge < -0.3 is 15.2 Å². The maximum atomic E-state index is 12.1. The molecule has 3 atom stereocenters. The summed E-state index contributed by atoms with van der Waals surface area (Å²) in [6.45, 7) is 0.111.